The van der Waals surface area contributed by atoms with E-state index in [2.05, 4.69) is 15.2 Å². The van der Waals surface area contributed by atoms with E-state index in [0.29, 0.717) is 11.6 Å². The van der Waals surface area contributed by atoms with Gasteiger partial charge < -0.3 is 10.1 Å². The van der Waals surface area contributed by atoms with Crippen molar-refractivity contribution in [2.45, 2.75) is 18.9 Å². The standard InChI is InChI=1S/C26H28ClN3O2/c27-22-9-11-23(12-10-22)32-19-18-30-16-13-21(14-17-30)26(31)29-25(20-6-2-1-3-7-20)24-8-4-5-15-28-24/h1-12,15,21,25H,13-14,16-19H2,(H,29,31). The summed E-state index contributed by atoms with van der Waals surface area (Å²) in [4.78, 5) is 19.9. The number of piperidine rings is 1. The smallest absolute Gasteiger partial charge is 0.224 e. The highest BCUT2D eigenvalue weighted by atomic mass is 35.5. The minimum absolute atomic E-state index is 0.0124. The van der Waals surface area contributed by atoms with Crippen LogP contribution in [0.2, 0.25) is 5.02 Å². The Labute approximate surface area is 194 Å². The fourth-order valence-corrected chi connectivity index (χ4v) is 4.15. The summed E-state index contributed by atoms with van der Waals surface area (Å²) in [5.41, 5.74) is 1.89. The van der Waals surface area contributed by atoms with Crippen LogP contribution in [0.3, 0.4) is 0 Å². The van der Waals surface area contributed by atoms with Crippen molar-refractivity contribution in [2.24, 2.45) is 5.92 Å². The molecule has 4 rings (SSSR count). The fourth-order valence-electron chi connectivity index (χ4n) is 4.02. The van der Waals surface area contributed by atoms with E-state index in [9.17, 15) is 4.79 Å². The third-order valence-electron chi connectivity index (χ3n) is 5.85. The van der Waals surface area contributed by atoms with Crippen LogP contribution in [0.5, 0.6) is 5.75 Å². The van der Waals surface area contributed by atoms with Gasteiger partial charge in [-0.2, -0.15) is 0 Å². The molecule has 5 nitrogen and oxygen atoms in total. The molecular weight excluding hydrogens is 422 g/mol. The summed E-state index contributed by atoms with van der Waals surface area (Å²) in [5.74, 6) is 0.935. The number of nitrogens with zero attached hydrogens (tertiary/aromatic N) is 2. The highest BCUT2D eigenvalue weighted by Crippen LogP contribution is 2.23. The summed E-state index contributed by atoms with van der Waals surface area (Å²) in [6, 6.07) is 23.0. The largest absolute Gasteiger partial charge is 0.492 e. The molecule has 1 fully saturated rings. The van der Waals surface area contributed by atoms with Gasteiger partial charge in [0.05, 0.1) is 11.7 Å². The third-order valence-corrected chi connectivity index (χ3v) is 6.10. The van der Waals surface area contributed by atoms with E-state index >= 15 is 0 Å². The number of likely N-dealkylation sites (tertiary alicyclic amines) is 1. The summed E-state index contributed by atoms with van der Waals surface area (Å²) in [6.45, 7) is 3.25. The molecule has 1 saturated heterocycles. The number of carbonyl (C=O) groups is 1. The van der Waals surface area contributed by atoms with Crippen LogP contribution in [-0.4, -0.2) is 42.0 Å². The molecule has 2 aromatic carbocycles. The number of nitrogens with one attached hydrogen (secondary N) is 1. The highest BCUT2D eigenvalue weighted by Gasteiger charge is 2.27. The van der Waals surface area contributed by atoms with Gasteiger partial charge in [-0.3, -0.25) is 14.7 Å². The van der Waals surface area contributed by atoms with Crippen molar-refractivity contribution in [1.82, 2.24) is 15.2 Å². The first-order valence-electron chi connectivity index (χ1n) is 11.1. The Balaban J connectivity index is 1.28. The molecule has 1 unspecified atom stereocenters. The first-order chi connectivity index (χ1) is 15.7. The van der Waals surface area contributed by atoms with Gasteiger partial charge in [-0.1, -0.05) is 48.0 Å². The summed E-state index contributed by atoms with van der Waals surface area (Å²) in [5, 5.41) is 3.95. The number of hydrogen-bond acceptors (Lipinski definition) is 4. The van der Waals surface area contributed by atoms with Crippen molar-refractivity contribution in [3.05, 3.63) is 95.3 Å². The van der Waals surface area contributed by atoms with E-state index in [1.807, 2.05) is 72.8 Å². The molecule has 1 aliphatic rings. The van der Waals surface area contributed by atoms with Crippen LogP contribution in [0.4, 0.5) is 0 Å². The number of hydrogen-bond donors (Lipinski definition) is 1. The predicted octanol–water partition coefficient (Wildman–Crippen LogP) is 4.73. The van der Waals surface area contributed by atoms with Gasteiger partial charge >= 0.3 is 0 Å². The zero-order valence-electron chi connectivity index (χ0n) is 18.0. The number of carbonyl (C=O) groups excluding carboxylic acids is 1. The second kappa shape index (κ2) is 11.1. The maximum Gasteiger partial charge on any atom is 0.224 e. The summed E-state index contributed by atoms with van der Waals surface area (Å²) < 4.78 is 5.80. The second-order valence-electron chi connectivity index (χ2n) is 8.03. The zero-order chi connectivity index (χ0) is 22.2. The number of amides is 1. The lowest BCUT2D eigenvalue weighted by Gasteiger charge is -2.32. The van der Waals surface area contributed by atoms with Gasteiger partial charge in [0.2, 0.25) is 5.91 Å². The molecule has 0 saturated carbocycles. The molecule has 1 aromatic heterocycles. The molecule has 32 heavy (non-hydrogen) atoms. The Morgan fingerprint density at radius 3 is 2.44 bits per heavy atom. The molecule has 1 aliphatic heterocycles. The first kappa shape index (κ1) is 22.3. The number of benzene rings is 2. The Morgan fingerprint density at radius 2 is 1.75 bits per heavy atom. The molecule has 6 heteroatoms. The summed E-state index contributed by atoms with van der Waals surface area (Å²) >= 11 is 5.91. The number of ether oxygens (including phenoxy) is 1. The Morgan fingerprint density at radius 1 is 1.03 bits per heavy atom. The summed E-state index contributed by atoms with van der Waals surface area (Å²) in [7, 11) is 0. The molecule has 1 amide bonds. The van der Waals surface area contributed by atoms with Crippen molar-refractivity contribution in [3.63, 3.8) is 0 Å². The summed E-state index contributed by atoms with van der Waals surface area (Å²) in [6.07, 6.45) is 3.45. The number of aromatic nitrogens is 1. The molecule has 1 N–H and O–H groups in total. The molecular formula is C26H28ClN3O2. The topological polar surface area (TPSA) is 54.5 Å². The van der Waals surface area contributed by atoms with Gasteiger partial charge in [0.15, 0.2) is 0 Å². The lowest BCUT2D eigenvalue weighted by atomic mass is 9.94. The molecule has 0 aliphatic carbocycles. The van der Waals surface area contributed by atoms with Crippen LogP contribution in [0.15, 0.2) is 79.0 Å². The van der Waals surface area contributed by atoms with Crippen LogP contribution < -0.4 is 10.1 Å². The SMILES string of the molecule is O=C(NC(c1ccccc1)c1ccccn1)C1CCN(CCOc2ccc(Cl)cc2)CC1. The first-order valence-corrected chi connectivity index (χ1v) is 11.4. The minimum Gasteiger partial charge on any atom is -0.492 e. The van der Waals surface area contributed by atoms with Crippen molar-refractivity contribution in [2.75, 3.05) is 26.2 Å². The van der Waals surface area contributed by atoms with Gasteiger partial charge in [-0.05, 0) is 67.9 Å². The lowest BCUT2D eigenvalue weighted by molar-refractivity contribution is -0.127. The van der Waals surface area contributed by atoms with Crippen molar-refractivity contribution in [1.29, 1.82) is 0 Å². The predicted molar refractivity (Wildman–Crippen MR) is 127 cm³/mol. The van der Waals surface area contributed by atoms with E-state index in [1.54, 1.807) is 6.20 Å². The van der Waals surface area contributed by atoms with E-state index in [4.69, 9.17) is 16.3 Å². The van der Waals surface area contributed by atoms with Gasteiger partial charge in [-0.15, -0.1) is 0 Å². The normalized spacial score (nSPS) is 15.8. The third kappa shape index (κ3) is 6.09. The van der Waals surface area contributed by atoms with E-state index < -0.39 is 0 Å². The Bertz CT molecular complexity index is 935. The zero-order valence-corrected chi connectivity index (χ0v) is 18.7. The van der Waals surface area contributed by atoms with E-state index in [1.165, 1.54) is 0 Å². The van der Waals surface area contributed by atoms with Crippen molar-refractivity contribution in [3.8, 4) is 5.75 Å². The lowest BCUT2D eigenvalue weighted by Crippen LogP contribution is -2.42. The van der Waals surface area contributed by atoms with E-state index in [-0.39, 0.29) is 17.9 Å². The van der Waals surface area contributed by atoms with Gasteiger partial charge in [-0.25, -0.2) is 0 Å². The molecule has 2 heterocycles. The molecule has 1 atom stereocenters. The molecule has 3 aromatic rings. The number of pyridine rings is 1. The van der Waals surface area contributed by atoms with Crippen molar-refractivity contribution >= 4 is 17.5 Å². The minimum atomic E-state index is -0.240. The highest BCUT2D eigenvalue weighted by molar-refractivity contribution is 6.30. The van der Waals surface area contributed by atoms with E-state index in [0.717, 1.165) is 49.5 Å². The Kier molecular flexibility index (Phi) is 7.75. The fraction of sp³-hybridized carbons (Fsp3) is 0.308. The quantitative estimate of drug-likeness (QED) is 0.540. The van der Waals surface area contributed by atoms with Gasteiger partial charge in [0, 0.05) is 23.7 Å². The van der Waals surface area contributed by atoms with Gasteiger partial charge in [0.25, 0.3) is 0 Å². The molecule has 0 radical (unpaired) electrons. The number of halogens is 1. The average Bonchev–Trinajstić information content (AvgIpc) is 2.85. The van der Waals surface area contributed by atoms with Crippen LogP contribution in [0.25, 0.3) is 0 Å². The second-order valence-corrected chi connectivity index (χ2v) is 8.46. The number of rotatable bonds is 8. The van der Waals surface area contributed by atoms with Crippen LogP contribution >= 0.6 is 11.6 Å². The van der Waals surface area contributed by atoms with Crippen molar-refractivity contribution < 1.29 is 9.53 Å². The molecule has 166 valence electrons. The average molecular weight is 450 g/mol. The van der Waals surface area contributed by atoms with Gasteiger partial charge in [0.1, 0.15) is 12.4 Å². The van der Waals surface area contributed by atoms with Crippen LogP contribution in [0, 0.1) is 5.92 Å². The molecule has 0 bridgehead atoms. The van der Waals surface area contributed by atoms with Crippen LogP contribution in [0.1, 0.15) is 30.1 Å². The Hall–Kier alpha value is -2.89. The molecule has 0 spiro atoms. The maximum atomic E-state index is 13.1. The monoisotopic (exact) mass is 449 g/mol. The van der Waals surface area contributed by atoms with Crippen LogP contribution in [-0.2, 0) is 4.79 Å². The maximum absolute atomic E-state index is 13.1.